The largest absolute Gasteiger partial charge is 0.419 e. The fourth-order valence-electron chi connectivity index (χ4n) is 4.20. The lowest BCUT2D eigenvalue weighted by Crippen LogP contribution is -2.25. The van der Waals surface area contributed by atoms with E-state index < -0.39 is 15.7 Å². The molecule has 1 saturated heterocycles. The number of oxazole rings is 1. The van der Waals surface area contributed by atoms with Gasteiger partial charge >= 0.3 is 0 Å². The van der Waals surface area contributed by atoms with Gasteiger partial charge in [0.2, 0.25) is 26.6 Å². The molecule has 0 spiro atoms. The summed E-state index contributed by atoms with van der Waals surface area (Å²) in [5.41, 5.74) is 0.736. The maximum absolute atomic E-state index is 13.5. The minimum Gasteiger partial charge on any atom is -0.419 e. The van der Waals surface area contributed by atoms with E-state index in [0.29, 0.717) is 13.1 Å². The molecule has 32 heavy (non-hydrogen) atoms. The molecule has 0 atom stereocenters. The summed E-state index contributed by atoms with van der Waals surface area (Å²) in [4.78, 5) is 6.49. The third kappa shape index (κ3) is 3.77. The van der Waals surface area contributed by atoms with Gasteiger partial charge in [-0.25, -0.2) is 12.8 Å². The maximum Gasteiger partial charge on any atom is 0.236 e. The van der Waals surface area contributed by atoms with Crippen LogP contribution in [-0.2, 0) is 9.84 Å². The van der Waals surface area contributed by atoms with E-state index >= 15 is 0 Å². The number of rotatable bonds is 4. The first-order valence-electron chi connectivity index (χ1n) is 10.8. The van der Waals surface area contributed by atoms with Crippen molar-refractivity contribution in [2.75, 3.05) is 18.0 Å². The van der Waals surface area contributed by atoms with Gasteiger partial charge in [-0.05, 0) is 53.9 Å². The van der Waals surface area contributed by atoms with Crippen LogP contribution in [0, 0.1) is 5.82 Å². The highest BCUT2D eigenvalue weighted by atomic mass is 32.2. The Kier molecular flexibility index (Phi) is 5.43. The third-order valence-electron chi connectivity index (χ3n) is 5.87. The molecule has 0 radical (unpaired) electrons. The second-order valence-corrected chi connectivity index (χ2v) is 9.88. The number of halogens is 1. The first-order chi connectivity index (χ1) is 15.5. The predicted molar refractivity (Wildman–Crippen MR) is 122 cm³/mol. The summed E-state index contributed by atoms with van der Waals surface area (Å²) in [5.74, 6) is 0.0363. The summed E-state index contributed by atoms with van der Waals surface area (Å²) in [7, 11) is -4.00. The van der Waals surface area contributed by atoms with Gasteiger partial charge in [-0.1, -0.05) is 49.2 Å². The number of benzene rings is 3. The van der Waals surface area contributed by atoms with E-state index in [-0.39, 0.29) is 21.7 Å². The molecular formula is C25H23FN2O3S. The van der Waals surface area contributed by atoms with Gasteiger partial charge in [0, 0.05) is 18.7 Å². The van der Waals surface area contributed by atoms with Gasteiger partial charge in [-0.3, -0.25) is 0 Å². The van der Waals surface area contributed by atoms with Gasteiger partial charge in [0.05, 0.1) is 4.90 Å². The molecule has 164 valence electrons. The van der Waals surface area contributed by atoms with Crippen LogP contribution in [0.25, 0.3) is 22.2 Å². The highest BCUT2D eigenvalue weighted by Crippen LogP contribution is 2.37. The fraction of sp³-hybridized carbons (Fsp3) is 0.240. The van der Waals surface area contributed by atoms with E-state index in [1.165, 1.54) is 12.1 Å². The maximum atomic E-state index is 13.5. The number of hydrogen-bond acceptors (Lipinski definition) is 5. The number of anilines is 1. The van der Waals surface area contributed by atoms with Crippen LogP contribution in [-0.4, -0.2) is 26.5 Å². The summed E-state index contributed by atoms with van der Waals surface area (Å²) >= 11 is 0. The average molecular weight is 451 g/mol. The number of sulfone groups is 1. The second-order valence-electron chi connectivity index (χ2n) is 8.01. The molecular weight excluding hydrogens is 427 g/mol. The highest BCUT2D eigenvalue weighted by molar-refractivity contribution is 7.91. The Labute approximate surface area is 186 Å². The topological polar surface area (TPSA) is 63.4 Å². The van der Waals surface area contributed by atoms with E-state index in [1.807, 2.05) is 47.4 Å². The first kappa shape index (κ1) is 20.7. The average Bonchev–Trinajstić information content (AvgIpc) is 3.08. The van der Waals surface area contributed by atoms with Crippen molar-refractivity contribution < 1.29 is 17.2 Å². The molecule has 3 aromatic carbocycles. The van der Waals surface area contributed by atoms with E-state index in [0.717, 1.165) is 54.2 Å². The van der Waals surface area contributed by atoms with Crippen LogP contribution in [0.3, 0.4) is 0 Å². The van der Waals surface area contributed by atoms with Crippen LogP contribution in [0.4, 0.5) is 10.3 Å². The zero-order chi connectivity index (χ0) is 22.1. The molecule has 1 aromatic heterocycles. The Morgan fingerprint density at radius 2 is 1.53 bits per heavy atom. The Morgan fingerprint density at radius 1 is 0.844 bits per heavy atom. The minimum absolute atomic E-state index is 0.00672. The Morgan fingerprint density at radius 3 is 2.28 bits per heavy atom. The number of nitrogens with zero attached hydrogens (tertiary/aromatic N) is 2. The van der Waals surface area contributed by atoms with E-state index in [1.54, 1.807) is 0 Å². The SMILES string of the molecule is O=S(=O)(c1ccc(F)cc1)c1nc(-c2cccc3ccccc23)oc1N1CCCCCC1. The Balaban J connectivity index is 1.70. The third-order valence-corrected chi connectivity index (χ3v) is 7.54. The van der Waals surface area contributed by atoms with Gasteiger partial charge in [-0.2, -0.15) is 4.98 Å². The molecule has 5 nitrogen and oxygen atoms in total. The second kappa shape index (κ2) is 8.39. The van der Waals surface area contributed by atoms with Crippen LogP contribution >= 0.6 is 0 Å². The Hall–Kier alpha value is -3.19. The van der Waals surface area contributed by atoms with Crippen LogP contribution in [0.15, 0.2) is 81.1 Å². The molecule has 5 rings (SSSR count). The van der Waals surface area contributed by atoms with Crippen molar-refractivity contribution in [2.45, 2.75) is 35.6 Å². The van der Waals surface area contributed by atoms with Gasteiger partial charge in [0.25, 0.3) is 0 Å². The number of fused-ring (bicyclic) bond motifs is 1. The van der Waals surface area contributed by atoms with Crippen molar-refractivity contribution >= 4 is 26.5 Å². The van der Waals surface area contributed by atoms with E-state index in [9.17, 15) is 12.8 Å². The quantitative estimate of drug-likeness (QED) is 0.365. The summed E-state index contributed by atoms with van der Waals surface area (Å²) < 4.78 is 46.7. The number of aromatic nitrogens is 1. The fourth-order valence-corrected chi connectivity index (χ4v) is 5.52. The van der Waals surface area contributed by atoms with Gasteiger partial charge < -0.3 is 9.32 Å². The highest BCUT2D eigenvalue weighted by Gasteiger charge is 2.32. The van der Waals surface area contributed by atoms with Gasteiger partial charge in [0.15, 0.2) is 0 Å². The van der Waals surface area contributed by atoms with Crippen molar-refractivity contribution in [3.05, 3.63) is 72.5 Å². The van der Waals surface area contributed by atoms with Gasteiger partial charge in [-0.15, -0.1) is 0 Å². The Bertz CT molecular complexity index is 1350. The van der Waals surface area contributed by atoms with Crippen molar-refractivity contribution in [3.63, 3.8) is 0 Å². The van der Waals surface area contributed by atoms with Crippen molar-refractivity contribution in [1.29, 1.82) is 0 Å². The first-order valence-corrected chi connectivity index (χ1v) is 12.3. The molecule has 0 saturated carbocycles. The molecule has 0 unspecified atom stereocenters. The lowest BCUT2D eigenvalue weighted by molar-refractivity contribution is 0.544. The molecule has 0 N–H and O–H groups in total. The zero-order valence-electron chi connectivity index (χ0n) is 17.5. The van der Waals surface area contributed by atoms with Crippen molar-refractivity contribution in [1.82, 2.24) is 4.98 Å². The van der Waals surface area contributed by atoms with Gasteiger partial charge in [0.1, 0.15) is 5.82 Å². The van der Waals surface area contributed by atoms with Crippen molar-refractivity contribution in [2.24, 2.45) is 0 Å². The van der Waals surface area contributed by atoms with Crippen LogP contribution in [0.2, 0.25) is 0 Å². The molecule has 1 fully saturated rings. The molecule has 2 heterocycles. The van der Waals surface area contributed by atoms with Crippen molar-refractivity contribution in [3.8, 4) is 11.5 Å². The molecule has 0 amide bonds. The summed E-state index contributed by atoms with van der Waals surface area (Å²) in [6.07, 6.45) is 4.11. The smallest absolute Gasteiger partial charge is 0.236 e. The van der Waals surface area contributed by atoms with E-state index in [2.05, 4.69) is 4.98 Å². The summed E-state index contributed by atoms with van der Waals surface area (Å²) in [6.45, 7) is 1.41. The minimum atomic E-state index is -4.00. The van der Waals surface area contributed by atoms with Crippen LogP contribution < -0.4 is 4.90 Å². The monoisotopic (exact) mass is 450 g/mol. The molecule has 0 bridgehead atoms. The molecule has 7 heteroatoms. The molecule has 1 aliphatic heterocycles. The zero-order valence-corrected chi connectivity index (χ0v) is 18.3. The van der Waals surface area contributed by atoms with E-state index in [4.69, 9.17) is 4.42 Å². The van der Waals surface area contributed by atoms with Crippen LogP contribution in [0.5, 0.6) is 0 Å². The summed E-state index contributed by atoms with van der Waals surface area (Å²) in [5, 5.41) is 1.83. The molecule has 1 aliphatic rings. The standard InChI is InChI=1S/C25H23FN2O3S/c26-19-12-14-20(15-13-19)32(29,30)24-25(28-16-5-1-2-6-17-28)31-23(27-24)22-11-7-9-18-8-3-4-10-21(18)22/h3-4,7-15H,1-2,5-6,16-17H2. The molecule has 4 aromatic rings. The normalized spacial score (nSPS) is 15.1. The number of hydrogen-bond donors (Lipinski definition) is 0. The lowest BCUT2D eigenvalue weighted by Gasteiger charge is -2.20. The lowest BCUT2D eigenvalue weighted by atomic mass is 10.0. The molecule has 0 aliphatic carbocycles. The van der Waals surface area contributed by atoms with Crippen LogP contribution in [0.1, 0.15) is 25.7 Å². The predicted octanol–water partition coefficient (Wildman–Crippen LogP) is 5.85. The summed E-state index contributed by atoms with van der Waals surface area (Å²) in [6, 6.07) is 18.4.